The van der Waals surface area contributed by atoms with Crippen LogP contribution < -0.4 is 5.32 Å². The number of nitrogens with one attached hydrogen (secondary N) is 1. The first kappa shape index (κ1) is 20.9. The Kier molecular flexibility index (Phi) is 5.60. The standard InChI is InChI=1S/C26H24N4O3/c1-17-8-9-22-20(13-17)21(14-23(29-22)18-5-2-10-27-15-18)25(31)28-19-6-3-11-30(16-19)26(32)24-7-4-12-33-24/h2,4-5,7-10,12-15,19H,3,6,11,16H2,1H3,(H,28,31). The van der Waals surface area contributed by atoms with Gasteiger partial charge in [0.1, 0.15) is 0 Å². The van der Waals surface area contributed by atoms with Crippen LogP contribution in [0.4, 0.5) is 0 Å². The summed E-state index contributed by atoms with van der Waals surface area (Å²) in [6, 6.07) is 14.7. The highest BCUT2D eigenvalue weighted by molar-refractivity contribution is 6.07. The molecule has 1 aliphatic rings. The van der Waals surface area contributed by atoms with Crippen LogP contribution in [-0.2, 0) is 0 Å². The number of carbonyl (C=O) groups excluding carboxylic acids is 2. The summed E-state index contributed by atoms with van der Waals surface area (Å²) in [6.45, 7) is 3.09. The van der Waals surface area contributed by atoms with Crippen LogP contribution in [0.15, 0.2) is 71.6 Å². The van der Waals surface area contributed by atoms with E-state index >= 15 is 0 Å². The van der Waals surface area contributed by atoms with Gasteiger partial charge in [0.25, 0.3) is 11.8 Å². The number of pyridine rings is 2. The van der Waals surface area contributed by atoms with E-state index in [9.17, 15) is 9.59 Å². The zero-order valence-electron chi connectivity index (χ0n) is 18.3. The van der Waals surface area contributed by atoms with E-state index < -0.39 is 0 Å². The second kappa shape index (κ2) is 8.86. The maximum atomic E-state index is 13.5. The Morgan fingerprint density at radius 2 is 2.06 bits per heavy atom. The van der Waals surface area contributed by atoms with Crippen LogP contribution in [0.1, 0.15) is 39.3 Å². The summed E-state index contributed by atoms with van der Waals surface area (Å²) in [4.78, 5) is 36.8. The van der Waals surface area contributed by atoms with E-state index in [1.54, 1.807) is 29.4 Å². The number of nitrogens with zero attached hydrogens (tertiary/aromatic N) is 3. The molecule has 4 heterocycles. The van der Waals surface area contributed by atoms with Gasteiger partial charge in [-0.15, -0.1) is 0 Å². The molecule has 0 aliphatic carbocycles. The quantitative estimate of drug-likeness (QED) is 0.513. The van der Waals surface area contributed by atoms with Crippen LogP contribution >= 0.6 is 0 Å². The fraction of sp³-hybridized carbons (Fsp3) is 0.231. The van der Waals surface area contributed by atoms with Crippen molar-refractivity contribution in [3.05, 3.63) is 84.1 Å². The number of aryl methyl sites for hydroxylation is 1. The Bertz CT molecular complexity index is 1300. The molecule has 166 valence electrons. The van der Waals surface area contributed by atoms with Crippen molar-refractivity contribution in [2.24, 2.45) is 0 Å². The average Bonchev–Trinajstić information content (AvgIpc) is 3.38. The molecule has 0 bridgehead atoms. The number of benzene rings is 1. The number of piperidine rings is 1. The van der Waals surface area contributed by atoms with Gasteiger partial charge in [-0.05, 0) is 62.2 Å². The van der Waals surface area contributed by atoms with E-state index in [0.717, 1.165) is 34.9 Å². The topological polar surface area (TPSA) is 88.3 Å². The Morgan fingerprint density at radius 1 is 1.15 bits per heavy atom. The number of likely N-dealkylation sites (tertiary alicyclic amines) is 1. The first-order valence-corrected chi connectivity index (χ1v) is 11.0. The van der Waals surface area contributed by atoms with Crippen molar-refractivity contribution in [3.8, 4) is 11.3 Å². The summed E-state index contributed by atoms with van der Waals surface area (Å²) in [5, 5.41) is 3.95. The maximum absolute atomic E-state index is 13.5. The zero-order chi connectivity index (χ0) is 22.8. The average molecular weight is 441 g/mol. The number of furan rings is 1. The summed E-state index contributed by atoms with van der Waals surface area (Å²) in [5.41, 5.74) is 3.92. The number of hydrogen-bond acceptors (Lipinski definition) is 5. The molecule has 1 fully saturated rings. The molecule has 1 aromatic carbocycles. The highest BCUT2D eigenvalue weighted by Gasteiger charge is 2.27. The Hall–Kier alpha value is -4.00. The summed E-state index contributed by atoms with van der Waals surface area (Å²) in [5.74, 6) is -0.00284. The summed E-state index contributed by atoms with van der Waals surface area (Å²) < 4.78 is 5.26. The predicted molar refractivity (Wildman–Crippen MR) is 125 cm³/mol. The second-order valence-electron chi connectivity index (χ2n) is 8.36. The molecular weight excluding hydrogens is 416 g/mol. The third-order valence-corrected chi connectivity index (χ3v) is 5.94. The number of aromatic nitrogens is 2. The maximum Gasteiger partial charge on any atom is 0.289 e. The molecular formula is C26H24N4O3. The molecule has 7 nitrogen and oxygen atoms in total. The number of carbonyl (C=O) groups is 2. The van der Waals surface area contributed by atoms with Gasteiger partial charge in [0.2, 0.25) is 0 Å². The third kappa shape index (κ3) is 4.35. The minimum absolute atomic E-state index is 0.139. The molecule has 3 aromatic heterocycles. The van der Waals surface area contributed by atoms with Crippen molar-refractivity contribution in [1.29, 1.82) is 0 Å². The van der Waals surface area contributed by atoms with Gasteiger partial charge in [0, 0.05) is 42.5 Å². The fourth-order valence-electron chi connectivity index (χ4n) is 4.29. The molecule has 7 heteroatoms. The molecule has 1 aliphatic heterocycles. The van der Waals surface area contributed by atoms with Crippen LogP contribution in [0.25, 0.3) is 22.2 Å². The lowest BCUT2D eigenvalue weighted by atomic mass is 10.0. The van der Waals surface area contributed by atoms with Crippen molar-refractivity contribution in [2.75, 3.05) is 13.1 Å². The van der Waals surface area contributed by atoms with E-state index in [4.69, 9.17) is 9.40 Å². The fourth-order valence-corrected chi connectivity index (χ4v) is 4.29. The lowest BCUT2D eigenvalue weighted by molar-refractivity contribution is 0.0647. The van der Waals surface area contributed by atoms with Crippen LogP contribution in [0.5, 0.6) is 0 Å². The lowest BCUT2D eigenvalue weighted by Crippen LogP contribution is -2.49. The number of fused-ring (bicyclic) bond motifs is 1. The van der Waals surface area contributed by atoms with Crippen LogP contribution in [-0.4, -0.2) is 45.8 Å². The Morgan fingerprint density at radius 3 is 2.85 bits per heavy atom. The second-order valence-corrected chi connectivity index (χ2v) is 8.36. The third-order valence-electron chi connectivity index (χ3n) is 5.94. The van der Waals surface area contributed by atoms with Crippen molar-refractivity contribution in [1.82, 2.24) is 20.2 Å². The molecule has 0 saturated carbocycles. The molecule has 4 aromatic rings. The van der Waals surface area contributed by atoms with E-state index in [-0.39, 0.29) is 17.9 Å². The summed E-state index contributed by atoms with van der Waals surface area (Å²) in [6.07, 6.45) is 6.57. The molecule has 1 saturated heterocycles. The van der Waals surface area contributed by atoms with Gasteiger partial charge in [-0.2, -0.15) is 0 Å². The largest absolute Gasteiger partial charge is 0.459 e. The van der Waals surface area contributed by atoms with Crippen LogP contribution in [0, 0.1) is 6.92 Å². The van der Waals surface area contributed by atoms with Crippen molar-refractivity contribution in [2.45, 2.75) is 25.8 Å². The van der Waals surface area contributed by atoms with Gasteiger partial charge in [0.05, 0.1) is 23.0 Å². The highest BCUT2D eigenvalue weighted by Crippen LogP contribution is 2.26. The first-order chi connectivity index (χ1) is 16.1. The molecule has 2 amide bonds. The van der Waals surface area contributed by atoms with E-state index in [0.29, 0.717) is 30.1 Å². The summed E-state index contributed by atoms with van der Waals surface area (Å²) >= 11 is 0. The van der Waals surface area contributed by atoms with Gasteiger partial charge in [0.15, 0.2) is 5.76 Å². The Balaban J connectivity index is 1.43. The SMILES string of the molecule is Cc1ccc2nc(-c3cccnc3)cc(C(=O)NC3CCCN(C(=O)c4ccco4)C3)c2c1. The lowest BCUT2D eigenvalue weighted by Gasteiger charge is -2.32. The van der Waals surface area contributed by atoms with Crippen molar-refractivity contribution < 1.29 is 14.0 Å². The number of amides is 2. The zero-order valence-corrected chi connectivity index (χ0v) is 18.3. The van der Waals surface area contributed by atoms with E-state index in [1.165, 1.54) is 6.26 Å². The molecule has 1 atom stereocenters. The summed E-state index contributed by atoms with van der Waals surface area (Å²) in [7, 11) is 0. The number of rotatable bonds is 4. The molecule has 0 spiro atoms. The van der Waals surface area contributed by atoms with Gasteiger partial charge < -0.3 is 14.6 Å². The number of hydrogen-bond donors (Lipinski definition) is 1. The minimum Gasteiger partial charge on any atom is -0.459 e. The molecule has 1 N–H and O–H groups in total. The van der Waals surface area contributed by atoms with Crippen molar-refractivity contribution >= 4 is 22.7 Å². The first-order valence-electron chi connectivity index (χ1n) is 11.0. The van der Waals surface area contributed by atoms with E-state index in [2.05, 4.69) is 10.3 Å². The van der Waals surface area contributed by atoms with E-state index in [1.807, 2.05) is 43.3 Å². The monoisotopic (exact) mass is 440 g/mol. The van der Waals surface area contributed by atoms with Crippen LogP contribution in [0.3, 0.4) is 0 Å². The smallest absolute Gasteiger partial charge is 0.289 e. The molecule has 1 unspecified atom stereocenters. The molecule has 33 heavy (non-hydrogen) atoms. The normalized spacial score (nSPS) is 16.0. The van der Waals surface area contributed by atoms with Crippen molar-refractivity contribution in [3.63, 3.8) is 0 Å². The van der Waals surface area contributed by atoms with Gasteiger partial charge >= 0.3 is 0 Å². The molecule has 0 radical (unpaired) electrons. The van der Waals surface area contributed by atoms with Crippen LogP contribution in [0.2, 0.25) is 0 Å². The molecule has 5 rings (SSSR count). The highest BCUT2D eigenvalue weighted by atomic mass is 16.3. The van der Waals surface area contributed by atoms with Gasteiger partial charge in [-0.3, -0.25) is 14.6 Å². The van der Waals surface area contributed by atoms with Gasteiger partial charge in [-0.1, -0.05) is 11.6 Å². The Labute approximate surface area is 191 Å². The predicted octanol–water partition coefficient (Wildman–Crippen LogP) is 4.23. The minimum atomic E-state index is -0.171. The van der Waals surface area contributed by atoms with Gasteiger partial charge in [-0.25, -0.2) is 4.98 Å².